The van der Waals surface area contributed by atoms with Gasteiger partial charge in [-0.15, -0.1) is 0 Å². The average molecular weight is 305 g/mol. The standard InChI is InChI=1S/C12H14Cl2N2O3/c1-12(2,3)5-15-16-11(19)6-4-7(13)9(17)10(18)8(6)14/h4-5,17-18H,1-3H3,(H,16,19)/b15-5+. The number of carbonyl (C=O) groups is 1. The minimum atomic E-state index is -0.640. The minimum absolute atomic E-state index is 0.0759. The zero-order chi connectivity index (χ0) is 14.8. The lowest BCUT2D eigenvalue weighted by atomic mass is 9.99. The van der Waals surface area contributed by atoms with Crippen LogP contribution in [0.3, 0.4) is 0 Å². The number of benzene rings is 1. The Morgan fingerprint density at radius 2 is 1.89 bits per heavy atom. The molecule has 0 saturated carbocycles. The summed E-state index contributed by atoms with van der Waals surface area (Å²) in [6.45, 7) is 5.75. The molecule has 0 bridgehead atoms. The van der Waals surface area contributed by atoms with Crippen molar-refractivity contribution in [3.05, 3.63) is 21.7 Å². The maximum Gasteiger partial charge on any atom is 0.273 e. The number of halogens is 2. The van der Waals surface area contributed by atoms with E-state index in [0.29, 0.717) is 0 Å². The van der Waals surface area contributed by atoms with Crippen LogP contribution in [0.1, 0.15) is 31.1 Å². The number of hydrogen-bond acceptors (Lipinski definition) is 4. The van der Waals surface area contributed by atoms with Gasteiger partial charge in [0.2, 0.25) is 0 Å². The molecule has 1 aromatic carbocycles. The van der Waals surface area contributed by atoms with Gasteiger partial charge in [-0.25, -0.2) is 5.43 Å². The van der Waals surface area contributed by atoms with Crippen molar-refractivity contribution in [2.45, 2.75) is 20.8 Å². The average Bonchev–Trinajstić information content (AvgIpc) is 2.29. The monoisotopic (exact) mass is 304 g/mol. The van der Waals surface area contributed by atoms with E-state index in [2.05, 4.69) is 10.5 Å². The van der Waals surface area contributed by atoms with Crippen molar-refractivity contribution in [3.63, 3.8) is 0 Å². The molecule has 5 nitrogen and oxygen atoms in total. The number of aromatic hydroxyl groups is 2. The Morgan fingerprint density at radius 1 is 1.32 bits per heavy atom. The van der Waals surface area contributed by atoms with E-state index in [9.17, 15) is 15.0 Å². The largest absolute Gasteiger partial charge is 0.503 e. The molecule has 19 heavy (non-hydrogen) atoms. The quantitative estimate of drug-likeness (QED) is 0.446. The molecule has 0 aromatic heterocycles. The molecule has 1 aromatic rings. The maximum absolute atomic E-state index is 11.8. The molecule has 0 atom stereocenters. The summed E-state index contributed by atoms with van der Waals surface area (Å²) in [5, 5.41) is 22.1. The lowest BCUT2D eigenvalue weighted by Crippen LogP contribution is -2.20. The predicted octanol–water partition coefficient (Wildman–Crippen LogP) is 3.17. The Balaban J connectivity index is 2.99. The van der Waals surface area contributed by atoms with Gasteiger partial charge in [0.25, 0.3) is 5.91 Å². The molecule has 0 fully saturated rings. The summed E-state index contributed by atoms with van der Waals surface area (Å²) < 4.78 is 0. The van der Waals surface area contributed by atoms with Crippen LogP contribution in [0.15, 0.2) is 11.2 Å². The fourth-order valence-electron chi connectivity index (χ4n) is 1.11. The molecule has 3 N–H and O–H groups in total. The third-order valence-electron chi connectivity index (χ3n) is 2.03. The molecule has 1 amide bonds. The summed E-state index contributed by atoms with van der Waals surface area (Å²) >= 11 is 11.4. The number of hydrogen-bond donors (Lipinski definition) is 3. The van der Waals surface area contributed by atoms with Crippen LogP contribution in [-0.2, 0) is 0 Å². The first-order valence-electron chi connectivity index (χ1n) is 5.38. The molecule has 104 valence electrons. The van der Waals surface area contributed by atoms with E-state index in [1.165, 1.54) is 0 Å². The molecule has 0 spiro atoms. The first kappa shape index (κ1) is 15.6. The van der Waals surface area contributed by atoms with Crippen LogP contribution in [-0.4, -0.2) is 22.3 Å². The van der Waals surface area contributed by atoms with E-state index in [-0.39, 0.29) is 21.0 Å². The third-order valence-corrected chi connectivity index (χ3v) is 2.70. The van der Waals surface area contributed by atoms with E-state index in [0.717, 1.165) is 6.07 Å². The second kappa shape index (κ2) is 5.67. The summed E-state index contributed by atoms with van der Waals surface area (Å²) in [4.78, 5) is 11.8. The zero-order valence-corrected chi connectivity index (χ0v) is 12.2. The number of nitrogens with zero attached hydrogens (tertiary/aromatic N) is 1. The van der Waals surface area contributed by atoms with Crippen molar-refractivity contribution in [2.75, 3.05) is 0 Å². The minimum Gasteiger partial charge on any atom is -0.503 e. The maximum atomic E-state index is 11.8. The highest BCUT2D eigenvalue weighted by Crippen LogP contribution is 2.41. The van der Waals surface area contributed by atoms with Gasteiger partial charge in [-0.3, -0.25) is 4.79 Å². The van der Waals surface area contributed by atoms with Gasteiger partial charge in [0.1, 0.15) is 0 Å². The molecule has 0 unspecified atom stereocenters. The first-order chi connectivity index (χ1) is 8.63. The summed E-state index contributed by atoms with van der Waals surface area (Å²) in [6.07, 6.45) is 1.56. The van der Waals surface area contributed by atoms with Crippen LogP contribution in [0, 0.1) is 5.41 Å². The van der Waals surface area contributed by atoms with Gasteiger partial charge in [0, 0.05) is 6.21 Å². The zero-order valence-electron chi connectivity index (χ0n) is 10.7. The van der Waals surface area contributed by atoms with Crippen LogP contribution in [0.4, 0.5) is 0 Å². The van der Waals surface area contributed by atoms with E-state index < -0.39 is 17.4 Å². The van der Waals surface area contributed by atoms with E-state index in [1.54, 1.807) is 6.21 Å². The Kier molecular flexibility index (Phi) is 4.66. The second-order valence-corrected chi connectivity index (χ2v) is 5.77. The smallest absolute Gasteiger partial charge is 0.273 e. The number of carbonyl (C=O) groups excluding carboxylic acids is 1. The lowest BCUT2D eigenvalue weighted by molar-refractivity contribution is 0.0954. The van der Waals surface area contributed by atoms with E-state index in [4.69, 9.17) is 23.2 Å². The first-order valence-corrected chi connectivity index (χ1v) is 6.13. The van der Waals surface area contributed by atoms with Crippen molar-refractivity contribution in [1.29, 1.82) is 0 Å². The number of hydrazone groups is 1. The number of nitrogens with one attached hydrogen (secondary N) is 1. The van der Waals surface area contributed by atoms with Crippen molar-refractivity contribution < 1.29 is 15.0 Å². The topological polar surface area (TPSA) is 81.9 Å². The van der Waals surface area contributed by atoms with Crippen molar-refractivity contribution in [1.82, 2.24) is 5.43 Å². The van der Waals surface area contributed by atoms with Crippen molar-refractivity contribution >= 4 is 35.3 Å². The molecule has 1 rings (SSSR count). The van der Waals surface area contributed by atoms with Crippen LogP contribution in [0.25, 0.3) is 0 Å². The summed E-state index contributed by atoms with van der Waals surface area (Å²) in [6, 6.07) is 1.15. The molecule has 0 radical (unpaired) electrons. The predicted molar refractivity (Wildman–Crippen MR) is 75.2 cm³/mol. The fourth-order valence-corrected chi connectivity index (χ4v) is 1.54. The van der Waals surface area contributed by atoms with E-state index >= 15 is 0 Å². The Hall–Kier alpha value is -1.46. The fraction of sp³-hybridized carbons (Fsp3) is 0.333. The Labute approximate surface area is 120 Å². The summed E-state index contributed by atoms with van der Waals surface area (Å²) in [5.74, 6) is -1.84. The van der Waals surface area contributed by atoms with Crippen LogP contribution < -0.4 is 5.43 Å². The van der Waals surface area contributed by atoms with Gasteiger partial charge < -0.3 is 10.2 Å². The Bertz CT molecular complexity index is 537. The molecule has 0 saturated heterocycles. The van der Waals surface area contributed by atoms with Crippen molar-refractivity contribution in [2.24, 2.45) is 10.5 Å². The number of phenolic OH excluding ortho intramolecular Hbond substituents is 2. The number of amides is 1. The van der Waals surface area contributed by atoms with Gasteiger partial charge in [-0.2, -0.15) is 5.10 Å². The Morgan fingerprint density at radius 3 is 2.42 bits per heavy atom. The van der Waals surface area contributed by atoms with Crippen LogP contribution in [0.5, 0.6) is 11.5 Å². The van der Waals surface area contributed by atoms with Crippen LogP contribution in [0.2, 0.25) is 10.0 Å². The second-order valence-electron chi connectivity index (χ2n) is 4.98. The summed E-state index contributed by atoms with van der Waals surface area (Å²) in [5.41, 5.74) is 2.00. The molecule has 0 aliphatic carbocycles. The third kappa shape index (κ3) is 4.01. The van der Waals surface area contributed by atoms with Gasteiger partial charge in [-0.05, 0) is 11.5 Å². The molecule has 0 aliphatic heterocycles. The van der Waals surface area contributed by atoms with Crippen molar-refractivity contribution in [3.8, 4) is 11.5 Å². The van der Waals surface area contributed by atoms with Gasteiger partial charge in [0.05, 0.1) is 15.6 Å². The normalized spacial score (nSPS) is 11.8. The molecule has 0 heterocycles. The molecule has 0 aliphatic rings. The summed E-state index contributed by atoms with van der Waals surface area (Å²) in [7, 11) is 0. The number of phenols is 2. The lowest BCUT2D eigenvalue weighted by Gasteiger charge is -2.11. The molecule has 7 heteroatoms. The SMILES string of the molecule is CC(C)(C)/C=N/NC(=O)c1cc(Cl)c(O)c(O)c1Cl. The molecular formula is C12H14Cl2N2O3. The van der Waals surface area contributed by atoms with Gasteiger partial charge >= 0.3 is 0 Å². The molecular weight excluding hydrogens is 291 g/mol. The van der Waals surface area contributed by atoms with E-state index in [1.807, 2.05) is 20.8 Å². The highest BCUT2D eigenvalue weighted by molar-refractivity contribution is 6.38. The highest BCUT2D eigenvalue weighted by atomic mass is 35.5. The van der Waals surface area contributed by atoms with Gasteiger partial charge in [-0.1, -0.05) is 44.0 Å². The highest BCUT2D eigenvalue weighted by Gasteiger charge is 2.19. The van der Waals surface area contributed by atoms with Gasteiger partial charge in [0.15, 0.2) is 11.5 Å². The van der Waals surface area contributed by atoms with Crippen LogP contribution >= 0.6 is 23.2 Å². The number of rotatable bonds is 2.